The molecule has 2 heterocycles. The second-order valence-electron chi connectivity index (χ2n) is 9.96. The molecule has 0 aliphatic heterocycles. The summed E-state index contributed by atoms with van der Waals surface area (Å²) in [5.41, 5.74) is 5.69. The van der Waals surface area contributed by atoms with E-state index in [2.05, 4.69) is 41.5 Å². The van der Waals surface area contributed by atoms with Crippen molar-refractivity contribution in [1.82, 2.24) is 15.0 Å². The van der Waals surface area contributed by atoms with E-state index >= 15 is 0 Å². The molecule has 13 nitrogen and oxygen atoms in total. The number of halogens is 5. The van der Waals surface area contributed by atoms with E-state index in [1.807, 2.05) is 0 Å². The highest BCUT2D eigenvalue weighted by Crippen LogP contribution is 2.34. The number of aromatic nitrogens is 3. The van der Waals surface area contributed by atoms with Crippen LogP contribution < -0.4 is 21.1 Å². The number of nitrogens with one attached hydrogen (secondary N) is 2. The maximum atomic E-state index is 13.1. The van der Waals surface area contributed by atoms with E-state index in [0.29, 0.717) is 34.3 Å². The SMILES string of the molecule is CS(=O)(=O)c1ccc(C(F)(F)F)cc1NC(=O)Nc1cnc(Oc2ccc(-c3cc(Cl)cnc3N)cc2)nc1.O=S(=O)(O)c1ccc(Br)cc1. The van der Waals surface area contributed by atoms with Crippen LogP contribution in [0.3, 0.4) is 0 Å². The third-order valence-electron chi connectivity index (χ3n) is 6.21. The molecule has 262 valence electrons. The summed E-state index contributed by atoms with van der Waals surface area (Å²) in [7, 11) is -7.98. The topological polar surface area (TPSA) is 204 Å². The number of ether oxygens (including phenoxy) is 1. The number of amides is 2. The molecule has 0 bridgehead atoms. The van der Waals surface area contributed by atoms with Gasteiger partial charge < -0.3 is 21.1 Å². The normalized spacial score (nSPS) is 11.6. The van der Waals surface area contributed by atoms with Gasteiger partial charge in [0, 0.05) is 22.5 Å². The van der Waals surface area contributed by atoms with E-state index in [9.17, 15) is 34.8 Å². The molecule has 0 aliphatic carbocycles. The Balaban J connectivity index is 0.000000435. The molecular formula is C30H23BrClF3N6O7S2. The third-order valence-corrected chi connectivity index (χ3v) is 8.97. The molecule has 3 aromatic carbocycles. The summed E-state index contributed by atoms with van der Waals surface area (Å²) in [6, 6.07) is 15.0. The van der Waals surface area contributed by atoms with E-state index in [1.165, 1.54) is 30.7 Å². The van der Waals surface area contributed by atoms with Gasteiger partial charge in [0.15, 0.2) is 9.84 Å². The van der Waals surface area contributed by atoms with Gasteiger partial charge in [-0.1, -0.05) is 39.7 Å². The minimum Gasteiger partial charge on any atom is -0.424 e. The summed E-state index contributed by atoms with van der Waals surface area (Å²) in [5, 5.41) is 4.87. The highest BCUT2D eigenvalue weighted by atomic mass is 79.9. The van der Waals surface area contributed by atoms with Gasteiger partial charge >= 0.3 is 18.2 Å². The fourth-order valence-electron chi connectivity index (χ4n) is 3.94. The van der Waals surface area contributed by atoms with Crippen LogP contribution in [0.2, 0.25) is 5.02 Å². The third kappa shape index (κ3) is 10.6. The van der Waals surface area contributed by atoms with Gasteiger partial charge in [-0.15, -0.1) is 0 Å². The molecule has 0 unspecified atom stereocenters. The second kappa shape index (κ2) is 15.4. The smallest absolute Gasteiger partial charge is 0.416 e. The largest absolute Gasteiger partial charge is 0.424 e. The minimum absolute atomic E-state index is 0.0603. The van der Waals surface area contributed by atoms with E-state index in [0.717, 1.165) is 22.4 Å². The van der Waals surface area contributed by atoms with Crippen LogP contribution in [0.5, 0.6) is 11.8 Å². The fraction of sp³-hybridized carbons (Fsp3) is 0.0667. The van der Waals surface area contributed by atoms with E-state index in [-0.39, 0.29) is 16.6 Å². The Hall–Kier alpha value is -4.82. The minimum atomic E-state index is -4.74. The highest BCUT2D eigenvalue weighted by molar-refractivity contribution is 9.10. The molecule has 20 heteroatoms. The van der Waals surface area contributed by atoms with Crippen molar-refractivity contribution >= 4 is 70.7 Å². The summed E-state index contributed by atoms with van der Waals surface area (Å²) in [6.07, 6.45) is -0.110. The first-order valence-corrected chi connectivity index (χ1v) is 18.0. The Bertz CT molecular complexity index is 2230. The van der Waals surface area contributed by atoms with Gasteiger partial charge in [0.25, 0.3) is 10.1 Å². The molecule has 2 amide bonds. The maximum Gasteiger partial charge on any atom is 0.416 e. The summed E-state index contributed by atoms with van der Waals surface area (Å²) >= 11 is 9.12. The molecule has 0 spiro atoms. The number of rotatable bonds is 7. The number of carbonyl (C=O) groups is 1. The number of benzene rings is 3. The monoisotopic (exact) mass is 814 g/mol. The molecule has 5 N–H and O–H groups in total. The van der Waals surface area contributed by atoms with Gasteiger partial charge in [0.1, 0.15) is 11.6 Å². The Morgan fingerprint density at radius 2 is 1.52 bits per heavy atom. The van der Waals surface area contributed by atoms with Crippen LogP contribution >= 0.6 is 27.5 Å². The molecular weight excluding hydrogens is 793 g/mol. The van der Waals surface area contributed by atoms with Crippen LogP contribution in [-0.4, -0.2) is 48.6 Å². The average molecular weight is 816 g/mol. The second-order valence-corrected chi connectivity index (χ2v) is 14.7. The standard InChI is InChI=1S/C24H18ClF3N6O4S.C6H5BrO3S/c1-39(36,37)20-7-4-14(24(26,27)28)8-19(20)34-22(35)33-16-11-31-23(32-12-16)38-17-5-2-13(3-6-17)18-9-15(25)10-30-21(18)29;7-5-1-3-6(4-2-5)11(8,9)10/h2-12H,1H3,(H2,29,30)(H2,33,34,35);1-4H,(H,8,9,10). The molecule has 50 heavy (non-hydrogen) atoms. The number of hydrogen-bond acceptors (Lipinski definition) is 10. The zero-order valence-electron chi connectivity index (χ0n) is 25.2. The Kier molecular flexibility index (Phi) is 11.7. The lowest BCUT2D eigenvalue weighted by molar-refractivity contribution is -0.137. The number of carbonyl (C=O) groups excluding carboxylic acids is 1. The van der Waals surface area contributed by atoms with Crippen LogP contribution in [0.4, 0.5) is 35.2 Å². The lowest BCUT2D eigenvalue weighted by Gasteiger charge is -2.14. The van der Waals surface area contributed by atoms with Crippen molar-refractivity contribution in [3.63, 3.8) is 0 Å². The van der Waals surface area contributed by atoms with Gasteiger partial charge in [0.05, 0.1) is 44.1 Å². The fourth-order valence-corrected chi connectivity index (χ4v) is 5.67. The first-order valence-electron chi connectivity index (χ1n) is 13.5. The van der Waals surface area contributed by atoms with Crippen LogP contribution in [0, 0.1) is 0 Å². The number of hydrogen-bond donors (Lipinski definition) is 4. The first-order chi connectivity index (χ1) is 23.3. The van der Waals surface area contributed by atoms with Crippen molar-refractivity contribution < 1.29 is 44.1 Å². The predicted molar refractivity (Wildman–Crippen MR) is 182 cm³/mol. The van der Waals surface area contributed by atoms with Crippen molar-refractivity contribution in [3.8, 4) is 22.9 Å². The lowest BCUT2D eigenvalue weighted by Crippen LogP contribution is -2.21. The summed E-state index contributed by atoms with van der Waals surface area (Å²) in [5.74, 6) is 0.702. The molecule has 0 radical (unpaired) electrons. The molecule has 5 rings (SSSR count). The first kappa shape index (κ1) is 38.0. The van der Waals surface area contributed by atoms with Crippen LogP contribution in [-0.2, 0) is 26.1 Å². The number of sulfone groups is 1. The van der Waals surface area contributed by atoms with Crippen molar-refractivity contribution in [2.75, 3.05) is 22.6 Å². The Labute approximate surface area is 296 Å². The van der Waals surface area contributed by atoms with Crippen LogP contribution in [0.25, 0.3) is 11.1 Å². The molecule has 0 saturated heterocycles. The number of nitrogens with zero attached hydrogens (tertiary/aromatic N) is 3. The highest BCUT2D eigenvalue weighted by Gasteiger charge is 2.32. The van der Waals surface area contributed by atoms with E-state index in [4.69, 9.17) is 26.6 Å². The predicted octanol–water partition coefficient (Wildman–Crippen LogP) is 7.33. The Morgan fingerprint density at radius 3 is 2.08 bits per heavy atom. The van der Waals surface area contributed by atoms with E-state index < -0.39 is 48.3 Å². The molecule has 0 saturated carbocycles. The van der Waals surface area contributed by atoms with Crippen molar-refractivity contribution in [1.29, 1.82) is 0 Å². The Morgan fingerprint density at radius 1 is 0.900 bits per heavy atom. The summed E-state index contributed by atoms with van der Waals surface area (Å²) in [6.45, 7) is 0. The average Bonchev–Trinajstić information content (AvgIpc) is 3.03. The molecule has 0 aliphatic rings. The summed E-state index contributed by atoms with van der Waals surface area (Å²) < 4.78 is 99.0. The number of pyridine rings is 1. The number of nitrogens with two attached hydrogens (primary N) is 1. The molecule has 0 atom stereocenters. The van der Waals surface area contributed by atoms with Gasteiger partial charge in [-0.05, 0) is 66.2 Å². The van der Waals surface area contributed by atoms with Gasteiger partial charge in [-0.25, -0.2) is 28.2 Å². The van der Waals surface area contributed by atoms with Crippen LogP contribution in [0.1, 0.15) is 5.56 Å². The lowest BCUT2D eigenvalue weighted by atomic mass is 10.1. The van der Waals surface area contributed by atoms with E-state index in [1.54, 1.807) is 42.5 Å². The number of alkyl halides is 3. The zero-order chi connectivity index (χ0) is 36.9. The van der Waals surface area contributed by atoms with Crippen molar-refractivity contribution in [3.05, 3.63) is 106 Å². The molecule has 2 aromatic heterocycles. The van der Waals surface area contributed by atoms with Crippen LogP contribution in [0.15, 0.2) is 106 Å². The zero-order valence-corrected chi connectivity index (χ0v) is 29.2. The van der Waals surface area contributed by atoms with Crippen molar-refractivity contribution in [2.45, 2.75) is 16.0 Å². The number of urea groups is 1. The maximum absolute atomic E-state index is 13.1. The summed E-state index contributed by atoms with van der Waals surface area (Å²) in [4.78, 5) is 23.8. The number of nitrogen functional groups attached to an aromatic ring is 1. The quantitative estimate of drug-likeness (QED) is 0.120. The van der Waals surface area contributed by atoms with Gasteiger partial charge in [0.2, 0.25) is 0 Å². The number of anilines is 3. The molecule has 5 aromatic rings. The van der Waals surface area contributed by atoms with Gasteiger partial charge in [-0.3, -0.25) is 4.55 Å². The van der Waals surface area contributed by atoms with Gasteiger partial charge in [-0.2, -0.15) is 21.6 Å². The molecule has 0 fully saturated rings. The van der Waals surface area contributed by atoms with Crippen molar-refractivity contribution in [2.24, 2.45) is 0 Å².